The minimum atomic E-state index is -0.0495. The van der Waals surface area contributed by atoms with Crippen LogP contribution in [0.2, 0.25) is 0 Å². The molecule has 0 saturated carbocycles. The number of Topliss-reactive ketones (excluding diaryl/α,β-unsaturated/α-hetero) is 1. The largest absolute Gasteiger partial charge is 0.326 e. The molecule has 1 aliphatic rings. The number of para-hydroxylation sites is 1. The monoisotopic (exact) mass is 449 g/mol. The van der Waals surface area contributed by atoms with Gasteiger partial charge in [0, 0.05) is 24.2 Å². The van der Waals surface area contributed by atoms with E-state index in [1.54, 1.807) is 22.8 Å². The summed E-state index contributed by atoms with van der Waals surface area (Å²) in [6.45, 7) is 2.76. The van der Waals surface area contributed by atoms with Gasteiger partial charge in [0.15, 0.2) is 10.9 Å². The highest BCUT2D eigenvalue weighted by atomic mass is 32.2. The summed E-state index contributed by atoms with van der Waals surface area (Å²) in [5.41, 5.74) is 2.98. The molecule has 1 aromatic heterocycles. The molecule has 1 amide bonds. The highest BCUT2D eigenvalue weighted by molar-refractivity contribution is 7.99. The summed E-state index contributed by atoms with van der Waals surface area (Å²) in [6.07, 6.45) is 5.31. The van der Waals surface area contributed by atoms with E-state index in [1.807, 2.05) is 24.3 Å². The van der Waals surface area contributed by atoms with Crippen LogP contribution in [0, 0.1) is 0 Å². The molecule has 0 bridgehead atoms. The van der Waals surface area contributed by atoms with Gasteiger partial charge >= 0.3 is 0 Å². The zero-order valence-electron chi connectivity index (χ0n) is 18.2. The van der Waals surface area contributed by atoms with Crippen LogP contribution in [0.3, 0.4) is 0 Å². The van der Waals surface area contributed by atoms with E-state index in [9.17, 15) is 14.4 Å². The van der Waals surface area contributed by atoms with Gasteiger partial charge in [-0.05, 0) is 48.7 Å². The summed E-state index contributed by atoms with van der Waals surface area (Å²) in [6, 6.07) is 12.8. The van der Waals surface area contributed by atoms with E-state index >= 15 is 0 Å². The van der Waals surface area contributed by atoms with Crippen molar-refractivity contribution in [2.24, 2.45) is 0 Å². The summed E-state index contributed by atoms with van der Waals surface area (Å²) in [5, 5.41) is 4.03. The van der Waals surface area contributed by atoms with Crippen molar-refractivity contribution in [3.8, 4) is 0 Å². The number of nitrogens with zero attached hydrogens (tertiary/aromatic N) is 2. The molecule has 166 valence electrons. The minimum absolute atomic E-state index is 0.00594. The average molecular weight is 450 g/mol. The second-order valence-electron chi connectivity index (χ2n) is 8.06. The van der Waals surface area contributed by atoms with Gasteiger partial charge in [-0.2, -0.15) is 0 Å². The Labute approximate surface area is 191 Å². The number of amides is 1. The first-order valence-electron chi connectivity index (χ1n) is 11.1. The van der Waals surface area contributed by atoms with Gasteiger partial charge in [-0.25, -0.2) is 4.98 Å². The van der Waals surface area contributed by atoms with Crippen LogP contribution in [-0.4, -0.2) is 27.0 Å². The summed E-state index contributed by atoms with van der Waals surface area (Å²) in [4.78, 5) is 42.3. The fraction of sp³-hybridized carbons (Fsp3) is 0.360. The molecule has 0 spiro atoms. The number of hydrogen-bond donors (Lipinski definition) is 1. The lowest BCUT2D eigenvalue weighted by Gasteiger charge is -2.17. The lowest BCUT2D eigenvalue weighted by molar-refractivity contribution is -0.116. The number of hydrogen-bond acceptors (Lipinski definition) is 5. The molecule has 0 unspecified atom stereocenters. The number of thioether (sulfide) groups is 1. The molecule has 0 radical (unpaired) electrons. The van der Waals surface area contributed by atoms with E-state index in [0.29, 0.717) is 41.0 Å². The van der Waals surface area contributed by atoms with Gasteiger partial charge in [0.1, 0.15) is 0 Å². The lowest BCUT2D eigenvalue weighted by atomic mass is 9.99. The molecule has 3 aromatic rings. The van der Waals surface area contributed by atoms with Crippen molar-refractivity contribution in [2.75, 3.05) is 11.1 Å². The molecule has 32 heavy (non-hydrogen) atoms. The normalized spacial score (nSPS) is 13.1. The maximum atomic E-state index is 13.1. The zero-order chi connectivity index (χ0) is 22.5. The fourth-order valence-electron chi connectivity index (χ4n) is 3.92. The summed E-state index contributed by atoms with van der Waals surface area (Å²) >= 11 is 1.31. The third kappa shape index (κ3) is 4.93. The number of nitrogens with one attached hydrogen (secondary N) is 1. The molecule has 0 atom stereocenters. The van der Waals surface area contributed by atoms with Crippen LogP contribution in [0.15, 0.2) is 52.4 Å². The van der Waals surface area contributed by atoms with Crippen molar-refractivity contribution in [1.29, 1.82) is 0 Å². The highest BCUT2D eigenvalue weighted by Gasteiger charge is 2.18. The number of aryl methyl sites for hydroxylation is 1. The number of rotatable bonds is 9. The Morgan fingerprint density at radius 1 is 1.09 bits per heavy atom. The van der Waals surface area contributed by atoms with Crippen LogP contribution in [0.4, 0.5) is 5.69 Å². The summed E-state index contributed by atoms with van der Waals surface area (Å²) in [5.74, 6) is 0.186. The second kappa shape index (κ2) is 10.1. The Morgan fingerprint density at radius 3 is 2.78 bits per heavy atom. The van der Waals surface area contributed by atoms with E-state index in [0.717, 1.165) is 36.9 Å². The number of anilines is 1. The standard InChI is InChI=1S/C25H27N3O3S/c1-2-3-4-7-14-28-24(31)19-8-5-6-9-21(19)27-25(28)32-16-22(29)18-10-12-20-17(15-18)11-13-23(30)26-20/h5-6,8-10,12,15H,2-4,7,11,13-14,16H2,1H3,(H,26,30). The maximum Gasteiger partial charge on any atom is 0.262 e. The Morgan fingerprint density at radius 2 is 1.94 bits per heavy atom. The van der Waals surface area contributed by atoms with Crippen LogP contribution >= 0.6 is 11.8 Å². The van der Waals surface area contributed by atoms with E-state index in [-0.39, 0.29) is 23.0 Å². The van der Waals surface area contributed by atoms with Crippen molar-refractivity contribution >= 4 is 40.0 Å². The lowest BCUT2D eigenvalue weighted by Crippen LogP contribution is -2.24. The second-order valence-corrected chi connectivity index (χ2v) is 9.00. The molecule has 7 heteroatoms. The summed E-state index contributed by atoms with van der Waals surface area (Å²) < 4.78 is 1.72. The topological polar surface area (TPSA) is 81.1 Å². The Kier molecular flexibility index (Phi) is 7.05. The van der Waals surface area contributed by atoms with Crippen LogP contribution < -0.4 is 10.9 Å². The number of unbranched alkanes of at least 4 members (excludes halogenated alkanes) is 3. The molecule has 4 rings (SSSR count). The third-order valence-corrected chi connectivity index (χ3v) is 6.69. The van der Waals surface area contributed by atoms with Gasteiger partial charge in [0.2, 0.25) is 5.91 Å². The number of carbonyl (C=O) groups excluding carboxylic acids is 2. The van der Waals surface area contributed by atoms with Crippen LogP contribution in [0.5, 0.6) is 0 Å². The fourth-order valence-corrected chi connectivity index (χ4v) is 4.84. The van der Waals surface area contributed by atoms with Crippen molar-refractivity contribution in [3.05, 3.63) is 63.9 Å². The number of ketones is 1. The summed E-state index contributed by atoms with van der Waals surface area (Å²) in [7, 11) is 0. The number of carbonyl (C=O) groups is 2. The molecule has 1 aliphatic heterocycles. The van der Waals surface area contributed by atoms with E-state index in [1.165, 1.54) is 11.8 Å². The first kappa shape index (κ1) is 22.3. The van der Waals surface area contributed by atoms with Crippen molar-refractivity contribution in [2.45, 2.75) is 57.1 Å². The molecule has 0 aliphatic carbocycles. The molecule has 1 N–H and O–H groups in total. The quantitative estimate of drug-likeness (QED) is 0.219. The molecular formula is C25H27N3O3S. The van der Waals surface area contributed by atoms with Crippen molar-refractivity contribution in [1.82, 2.24) is 9.55 Å². The first-order valence-corrected chi connectivity index (χ1v) is 12.1. The molecule has 0 fully saturated rings. The Balaban J connectivity index is 1.54. The average Bonchev–Trinajstić information content (AvgIpc) is 2.81. The molecule has 0 saturated heterocycles. The number of fused-ring (bicyclic) bond motifs is 2. The van der Waals surface area contributed by atoms with Crippen molar-refractivity contribution < 1.29 is 9.59 Å². The van der Waals surface area contributed by atoms with Gasteiger partial charge in [0.05, 0.1) is 16.7 Å². The van der Waals surface area contributed by atoms with E-state index in [4.69, 9.17) is 4.98 Å². The molecular weight excluding hydrogens is 422 g/mol. The molecule has 6 nitrogen and oxygen atoms in total. The van der Waals surface area contributed by atoms with E-state index < -0.39 is 0 Å². The minimum Gasteiger partial charge on any atom is -0.326 e. The number of aromatic nitrogens is 2. The predicted octanol–water partition coefficient (Wildman–Crippen LogP) is 4.84. The highest BCUT2D eigenvalue weighted by Crippen LogP contribution is 2.25. The van der Waals surface area contributed by atoms with Gasteiger partial charge in [0.25, 0.3) is 5.56 Å². The van der Waals surface area contributed by atoms with Crippen LogP contribution in [0.1, 0.15) is 54.9 Å². The van der Waals surface area contributed by atoms with Crippen LogP contribution in [-0.2, 0) is 17.8 Å². The van der Waals surface area contributed by atoms with Crippen LogP contribution in [0.25, 0.3) is 10.9 Å². The maximum absolute atomic E-state index is 13.1. The van der Waals surface area contributed by atoms with Gasteiger partial charge in [-0.3, -0.25) is 19.0 Å². The zero-order valence-corrected chi connectivity index (χ0v) is 19.0. The van der Waals surface area contributed by atoms with Crippen molar-refractivity contribution in [3.63, 3.8) is 0 Å². The van der Waals surface area contributed by atoms with Gasteiger partial charge in [-0.1, -0.05) is 50.1 Å². The Hall–Kier alpha value is -2.93. The third-order valence-electron chi connectivity index (χ3n) is 5.72. The molecule has 2 heterocycles. The molecule has 2 aromatic carbocycles. The number of benzene rings is 2. The first-order chi connectivity index (χ1) is 15.6. The van der Waals surface area contributed by atoms with Gasteiger partial charge in [-0.15, -0.1) is 0 Å². The van der Waals surface area contributed by atoms with Gasteiger partial charge < -0.3 is 5.32 Å². The smallest absolute Gasteiger partial charge is 0.262 e. The Bertz CT molecular complexity index is 1220. The van der Waals surface area contributed by atoms with E-state index in [2.05, 4.69) is 12.2 Å². The predicted molar refractivity (Wildman–Crippen MR) is 129 cm³/mol. The SMILES string of the molecule is CCCCCCn1c(SCC(=O)c2ccc3c(c2)CCC(=O)N3)nc2ccccc2c1=O.